The third-order valence-electron chi connectivity index (χ3n) is 2.91. The number of nitrogens with one attached hydrogen (secondary N) is 1. The third kappa shape index (κ3) is 3.73. The van der Waals surface area contributed by atoms with Crippen molar-refractivity contribution in [3.05, 3.63) is 22.7 Å². The summed E-state index contributed by atoms with van der Waals surface area (Å²) in [5, 5.41) is 3.35. The first-order chi connectivity index (χ1) is 9.61. The van der Waals surface area contributed by atoms with Gasteiger partial charge in [0.15, 0.2) is 11.5 Å². The van der Waals surface area contributed by atoms with Crippen molar-refractivity contribution >= 4 is 29.3 Å². The zero-order valence-corrected chi connectivity index (χ0v) is 13.1. The van der Waals surface area contributed by atoms with E-state index in [-0.39, 0.29) is 18.0 Å². The van der Waals surface area contributed by atoms with Gasteiger partial charge in [-0.15, -0.1) is 11.8 Å². The number of amides is 1. The maximum absolute atomic E-state index is 11.8. The van der Waals surface area contributed by atoms with Gasteiger partial charge >= 0.3 is 0 Å². The van der Waals surface area contributed by atoms with Crippen LogP contribution in [0.2, 0.25) is 5.02 Å². The maximum Gasteiger partial charge on any atom is 0.232 e. The van der Waals surface area contributed by atoms with E-state index >= 15 is 0 Å². The fourth-order valence-electron chi connectivity index (χ4n) is 1.79. The van der Waals surface area contributed by atoms with Crippen LogP contribution in [0.1, 0.15) is 25.8 Å². The molecular formula is C14H18ClNO3S. The fourth-order valence-corrected chi connectivity index (χ4v) is 2.92. The average molecular weight is 316 g/mol. The summed E-state index contributed by atoms with van der Waals surface area (Å²) in [7, 11) is 0. The molecule has 0 saturated heterocycles. The van der Waals surface area contributed by atoms with Crippen LogP contribution in [0, 0.1) is 0 Å². The molecule has 1 atom stereocenters. The number of carbonyl (C=O) groups excluding carboxylic acids is 1. The first-order valence-corrected chi connectivity index (χ1v) is 8.01. The molecule has 20 heavy (non-hydrogen) atoms. The molecule has 1 aliphatic heterocycles. The highest BCUT2D eigenvalue weighted by atomic mass is 35.5. The van der Waals surface area contributed by atoms with Gasteiger partial charge in [0.2, 0.25) is 12.7 Å². The third-order valence-corrected chi connectivity index (χ3v) is 4.40. The van der Waals surface area contributed by atoms with Crippen LogP contribution in [-0.2, 0) is 10.5 Å². The van der Waals surface area contributed by atoms with Gasteiger partial charge in [0.1, 0.15) is 0 Å². The highest BCUT2D eigenvalue weighted by Gasteiger charge is 2.19. The molecule has 2 rings (SSSR count). The number of ether oxygens (including phenoxy) is 2. The summed E-state index contributed by atoms with van der Waals surface area (Å²) in [4.78, 5) is 11.8. The van der Waals surface area contributed by atoms with E-state index in [2.05, 4.69) is 5.32 Å². The van der Waals surface area contributed by atoms with Crippen molar-refractivity contribution in [3.8, 4) is 11.5 Å². The standard InChI is InChI=1S/C14H18ClNO3S/c1-3-4-16-14(17)9(2)20-7-10-5-11(15)13-12(6-10)18-8-19-13/h5-6,9H,3-4,7-8H2,1-2H3,(H,16,17)/t9-/m1/s1. The van der Waals surface area contributed by atoms with Crippen LogP contribution in [0.15, 0.2) is 12.1 Å². The number of hydrogen-bond acceptors (Lipinski definition) is 4. The minimum atomic E-state index is -0.0919. The van der Waals surface area contributed by atoms with Gasteiger partial charge < -0.3 is 14.8 Å². The van der Waals surface area contributed by atoms with Gasteiger partial charge in [0.25, 0.3) is 0 Å². The molecule has 0 spiro atoms. The number of carbonyl (C=O) groups is 1. The highest BCUT2D eigenvalue weighted by molar-refractivity contribution is 7.99. The smallest absolute Gasteiger partial charge is 0.232 e. The van der Waals surface area contributed by atoms with Crippen LogP contribution in [0.5, 0.6) is 11.5 Å². The molecule has 4 nitrogen and oxygen atoms in total. The van der Waals surface area contributed by atoms with Gasteiger partial charge in [-0.05, 0) is 31.0 Å². The maximum atomic E-state index is 11.8. The van der Waals surface area contributed by atoms with Crippen molar-refractivity contribution in [1.82, 2.24) is 5.32 Å². The second-order valence-electron chi connectivity index (χ2n) is 4.56. The molecule has 1 aliphatic rings. The monoisotopic (exact) mass is 315 g/mol. The number of hydrogen-bond donors (Lipinski definition) is 1. The molecule has 0 unspecified atom stereocenters. The van der Waals surface area contributed by atoms with Crippen LogP contribution in [0.25, 0.3) is 0 Å². The Hall–Kier alpha value is -1.07. The number of benzene rings is 1. The Balaban J connectivity index is 1.91. The molecule has 110 valence electrons. The molecule has 1 amide bonds. The molecule has 0 radical (unpaired) electrons. The molecule has 6 heteroatoms. The van der Waals surface area contributed by atoms with Gasteiger partial charge in [-0.3, -0.25) is 4.79 Å². The summed E-state index contributed by atoms with van der Waals surface area (Å²) in [5.74, 6) is 2.06. The number of fused-ring (bicyclic) bond motifs is 1. The molecule has 1 aromatic rings. The Bertz CT molecular complexity index is 496. The predicted molar refractivity (Wildman–Crippen MR) is 81.6 cm³/mol. The van der Waals surface area contributed by atoms with E-state index in [9.17, 15) is 4.79 Å². The van der Waals surface area contributed by atoms with Crippen LogP contribution in [0.4, 0.5) is 0 Å². The van der Waals surface area contributed by atoms with Crippen molar-refractivity contribution in [2.24, 2.45) is 0 Å². The Morgan fingerprint density at radius 3 is 3.05 bits per heavy atom. The van der Waals surface area contributed by atoms with Crippen LogP contribution < -0.4 is 14.8 Å². The predicted octanol–water partition coefficient (Wildman–Crippen LogP) is 3.22. The molecule has 0 aliphatic carbocycles. The number of halogens is 1. The van der Waals surface area contributed by atoms with Crippen molar-refractivity contribution in [2.45, 2.75) is 31.3 Å². The Kier molecular flexibility index (Phi) is 5.43. The summed E-state index contributed by atoms with van der Waals surface area (Å²) < 4.78 is 10.6. The lowest BCUT2D eigenvalue weighted by atomic mass is 10.2. The summed E-state index contributed by atoms with van der Waals surface area (Å²) in [6.07, 6.45) is 0.945. The van der Waals surface area contributed by atoms with E-state index in [0.29, 0.717) is 22.3 Å². The summed E-state index contributed by atoms with van der Waals surface area (Å²) >= 11 is 7.70. The SMILES string of the molecule is CCCNC(=O)[C@@H](C)SCc1cc(Cl)c2c(c1)OCO2. The van der Waals surface area contributed by atoms with Crippen molar-refractivity contribution < 1.29 is 14.3 Å². The largest absolute Gasteiger partial charge is 0.454 e. The second kappa shape index (κ2) is 7.09. The molecule has 0 bridgehead atoms. The Labute approximate surface area is 128 Å². The van der Waals surface area contributed by atoms with Crippen LogP contribution in [0.3, 0.4) is 0 Å². The molecule has 0 saturated carbocycles. The zero-order chi connectivity index (χ0) is 14.5. The Morgan fingerprint density at radius 2 is 2.30 bits per heavy atom. The minimum absolute atomic E-state index is 0.0729. The van der Waals surface area contributed by atoms with Gasteiger partial charge in [-0.2, -0.15) is 0 Å². The Morgan fingerprint density at radius 1 is 1.50 bits per heavy atom. The van der Waals surface area contributed by atoms with E-state index in [1.165, 1.54) is 0 Å². The lowest BCUT2D eigenvalue weighted by Crippen LogP contribution is -2.31. The summed E-state index contributed by atoms with van der Waals surface area (Å²) in [5.41, 5.74) is 1.03. The van der Waals surface area contributed by atoms with Gasteiger partial charge in [0, 0.05) is 12.3 Å². The first-order valence-electron chi connectivity index (χ1n) is 6.59. The lowest BCUT2D eigenvalue weighted by molar-refractivity contribution is -0.120. The molecule has 1 heterocycles. The normalized spacial score (nSPS) is 14.2. The summed E-state index contributed by atoms with van der Waals surface area (Å²) in [6, 6.07) is 3.77. The van der Waals surface area contributed by atoms with Gasteiger partial charge in [-0.1, -0.05) is 18.5 Å². The number of rotatable bonds is 6. The molecule has 0 aromatic heterocycles. The van der Waals surface area contributed by atoms with E-state index in [0.717, 1.165) is 18.5 Å². The van der Waals surface area contributed by atoms with Crippen molar-refractivity contribution in [1.29, 1.82) is 0 Å². The first kappa shape index (κ1) is 15.3. The summed E-state index contributed by atoms with van der Waals surface area (Å²) in [6.45, 7) is 4.87. The minimum Gasteiger partial charge on any atom is -0.454 e. The van der Waals surface area contributed by atoms with E-state index < -0.39 is 0 Å². The zero-order valence-electron chi connectivity index (χ0n) is 11.6. The van der Waals surface area contributed by atoms with Crippen molar-refractivity contribution in [3.63, 3.8) is 0 Å². The van der Waals surface area contributed by atoms with Crippen LogP contribution >= 0.6 is 23.4 Å². The highest BCUT2D eigenvalue weighted by Crippen LogP contribution is 2.40. The molecule has 0 fully saturated rings. The van der Waals surface area contributed by atoms with E-state index in [1.54, 1.807) is 11.8 Å². The lowest BCUT2D eigenvalue weighted by Gasteiger charge is -2.12. The quantitative estimate of drug-likeness (QED) is 0.875. The topological polar surface area (TPSA) is 47.6 Å². The van der Waals surface area contributed by atoms with E-state index in [1.807, 2.05) is 26.0 Å². The number of thioether (sulfide) groups is 1. The van der Waals surface area contributed by atoms with E-state index in [4.69, 9.17) is 21.1 Å². The van der Waals surface area contributed by atoms with Crippen LogP contribution in [-0.4, -0.2) is 24.5 Å². The van der Waals surface area contributed by atoms with Gasteiger partial charge in [0.05, 0.1) is 10.3 Å². The van der Waals surface area contributed by atoms with Gasteiger partial charge in [-0.25, -0.2) is 0 Å². The van der Waals surface area contributed by atoms with Crippen molar-refractivity contribution in [2.75, 3.05) is 13.3 Å². The average Bonchev–Trinajstić information content (AvgIpc) is 2.91. The fraction of sp³-hybridized carbons (Fsp3) is 0.500. The molecular weight excluding hydrogens is 298 g/mol. The molecule has 1 N–H and O–H groups in total. The second-order valence-corrected chi connectivity index (χ2v) is 6.29. The molecule has 1 aromatic carbocycles.